The molecule has 18 heavy (non-hydrogen) atoms. The van der Waals surface area contributed by atoms with E-state index >= 15 is 0 Å². The van der Waals surface area contributed by atoms with E-state index in [1.165, 1.54) is 11.3 Å². The standard InChI is InChI=1S/C12H17N3O2S/c1-4-9-10(16)14-12(2,3)11(17)15(9)6-8-5-13-7-18-8/h5,7,9H,4,6H2,1-3H3,(H,14,16). The molecule has 1 fully saturated rings. The first-order valence-corrected chi connectivity index (χ1v) is 6.84. The van der Waals surface area contributed by atoms with E-state index < -0.39 is 5.54 Å². The molecule has 1 aliphatic heterocycles. The number of hydrogen-bond acceptors (Lipinski definition) is 4. The molecule has 0 aliphatic carbocycles. The van der Waals surface area contributed by atoms with E-state index in [0.29, 0.717) is 13.0 Å². The van der Waals surface area contributed by atoms with Crippen LogP contribution < -0.4 is 5.32 Å². The van der Waals surface area contributed by atoms with Gasteiger partial charge < -0.3 is 10.2 Å². The number of nitrogens with one attached hydrogen (secondary N) is 1. The fourth-order valence-corrected chi connectivity index (χ4v) is 2.76. The molecule has 0 spiro atoms. The number of thiazole rings is 1. The SMILES string of the molecule is CCC1C(=O)NC(C)(C)C(=O)N1Cc1cncs1. The lowest BCUT2D eigenvalue weighted by atomic mass is 9.96. The Morgan fingerprint density at radius 2 is 2.22 bits per heavy atom. The second kappa shape index (κ2) is 4.68. The molecule has 1 aromatic heterocycles. The Balaban J connectivity index is 2.27. The van der Waals surface area contributed by atoms with E-state index in [1.54, 1.807) is 30.5 Å². The van der Waals surface area contributed by atoms with Crippen LogP contribution in [-0.2, 0) is 16.1 Å². The third-order valence-corrected chi connectivity index (χ3v) is 3.87. The van der Waals surface area contributed by atoms with Gasteiger partial charge in [0, 0.05) is 11.1 Å². The van der Waals surface area contributed by atoms with E-state index in [4.69, 9.17) is 0 Å². The van der Waals surface area contributed by atoms with Gasteiger partial charge in [-0.3, -0.25) is 14.6 Å². The third-order valence-electron chi connectivity index (χ3n) is 3.11. The second-order valence-corrected chi connectivity index (χ2v) is 5.91. The van der Waals surface area contributed by atoms with Crippen molar-refractivity contribution < 1.29 is 9.59 Å². The minimum absolute atomic E-state index is 0.0395. The van der Waals surface area contributed by atoms with Crippen LogP contribution in [0.3, 0.4) is 0 Å². The fraction of sp³-hybridized carbons (Fsp3) is 0.583. The van der Waals surface area contributed by atoms with Crippen molar-refractivity contribution in [2.45, 2.75) is 45.3 Å². The zero-order chi connectivity index (χ0) is 13.3. The van der Waals surface area contributed by atoms with Crippen molar-refractivity contribution in [1.29, 1.82) is 0 Å². The van der Waals surface area contributed by atoms with Gasteiger partial charge in [0.15, 0.2) is 0 Å². The maximum Gasteiger partial charge on any atom is 0.248 e. The van der Waals surface area contributed by atoms with Gasteiger partial charge in [-0.15, -0.1) is 11.3 Å². The molecule has 1 aromatic rings. The highest BCUT2D eigenvalue weighted by molar-refractivity contribution is 7.09. The quantitative estimate of drug-likeness (QED) is 0.894. The number of amides is 2. The molecule has 0 aromatic carbocycles. The Bertz CT molecular complexity index is 456. The number of piperazine rings is 1. The first kappa shape index (κ1) is 13.0. The first-order valence-electron chi connectivity index (χ1n) is 5.96. The fourth-order valence-electron chi connectivity index (χ4n) is 2.16. The Hall–Kier alpha value is -1.43. The number of carbonyl (C=O) groups excluding carboxylic acids is 2. The van der Waals surface area contributed by atoms with Crippen molar-refractivity contribution in [2.75, 3.05) is 0 Å². The molecule has 0 saturated carbocycles. The van der Waals surface area contributed by atoms with Gasteiger partial charge in [0.1, 0.15) is 11.6 Å². The normalized spacial score (nSPS) is 23.1. The molecular weight excluding hydrogens is 250 g/mol. The van der Waals surface area contributed by atoms with Gasteiger partial charge in [0.25, 0.3) is 0 Å². The van der Waals surface area contributed by atoms with Crippen molar-refractivity contribution in [3.8, 4) is 0 Å². The van der Waals surface area contributed by atoms with Crippen molar-refractivity contribution in [3.63, 3.8) is 0 Å². The van der Waals surface area contributed by atoms with Crippen LogP contribution in [0.2, 0.25) is 0 Å². The molecule has 2 heterocycles. The Kier molecular flexibility index (Phi) is 3.38. The maximum atomic E-state index is 12.4. The highest BCUT2D eigenvalue weighted by Crippen LogP contribution is 2.23. The van der Waals surface area contributed by atoms with Crippen molar-refractivity contribution in [2.24, 2.45) is 0 Å². The Morgan fingerprint density at radius 3 is 2.78 bits per heavy atom. The monoisotopic (exact) mass is 267 g/mol. The van der Waals surface area contributed by atoms with Crippen molar-refractivity contribution in [3.05, 3.63) is 16.6 Å². The van der Waals surface area contributed by atoms with Crippen LogP contribution in [0.15, 0.2) is 11.7 Å². The molecule has 5 nitrogen and oxygen atoms in total. The number of nitrogens with zero attached hydrogens (tertiary/aromatic N) is 2. The van der Waals surface area contributed by atoms with Crippen LogP contribution in [0.5, 0.6) is 0 Å². The molecule has 1 N–H and O–H groups in total. The molecule has 1 unspecified atom stereocenters. The summed E-state index contributed by atoms with van der Waals surface area (Å²) in [4.78, 5) is 31.0. The van der Waals surface area contributed by atoms with Crippen LogP contribution >= 0.6 is 11.3 Å². The predicted octanol–water partition coefficient (Wildman–Crippen LogP) is 1.16. The largest absolute Gasteiger partial charge is 0.340 e. The zero-order valence-corrected chi connectivity index (χ0v) is 11.6. The number of carbonyl (C=O) groups is 2. The summed E-state index contributed by atoms with van der Waals surface area (Å²) in [5, 5.41) is 2.77. The number of rotatable bonds is 3. The van der Waals surface area contributed by atoms with Gasteiger partial charge in [-0.25, -0.2) is 0 Å². The third kappa shape index (κ3) is 2.25. The van der Waals surface area contributed by atoms with E-state index in [1.807, 2.05) is 6.92 Å². The number of aromatic nitrogens is 1. The van der Waals surface area contributed by atoms with E-state index in [9.17, 15) is 9.59 Å². The topological polar surface area (TPSA) is 62.3 Å². The van der Waals surface area contributed by atoms with Gasteiger partial charge in [0.2, 0.25) is 11.8 Å². The molecular formula is C12H17N3O2S. The molecule has 1 saturated heterocycles. The van der Waals surface area contributed by atoms with E-state index in [2.05, 4.69) is 10.3 Å². The van der Waals surface area contributed by atoms with Gasteiger partial charge in [-0.05, 0) is 20.3 Å². The van der Waals surface area contributed by atoms with Gasteiger partial charge in [-0.1, -0.05) is 6.92 Å². The molecule has 6 heteroatoms. The summed E-state index contributed by atoms with van der Waals surface area (Å²) in [6.45, 7) is 5.84. The van der Waals surface area contributed by atoms with Crippen LogP contribution in [-0.4, -0.2) is 33.3 Å². The van der Waals surface area contributed by atoms with Crippen LogP contribution in [0, 0.1) is 0 Å². The second-order valence-electron chi connectivity index (χ2n) is 4.94. The van der Waals surface area contributed by atoms with Crippen LogP contribution in [0.4, 0.5) is 0 Å². The average Bonchev–Trinajstić information content (AvgIpc) is 2.78. The van der Waals surface area contributed by atoms with Gasteiger partial charge in [-0.2, -0.15) is 0 Å². The molecule has 0 radical (unpaired) electrons. The molecule has 2 amide bonds. The summed E-state index contributed by atoms with van der Waals surface area (Å²) < 4.78 is 0. The summed E-state index contributed by atoms with van der Waals surface area (Å²) in [7, 11) is 0. The lowest BCUT2D eigenvalue weighted by molar-refractivity contribution is -0.154. The summed E-state index contributed by atoms with van der Waals surface area (Å²) in [5.41, 5.74) is 0.906. The smallest absolute Gasteiger partial charge is 0.248 e. The zero-order valence-electron chi connectivity index (χ0n) is 10.8. The summed E-state index contributed by atoms with van der Waals surface area (Å²) in [5.74, 6) is -0.117. The highest BCUT2D eigenvalue weighted by Gasteiger charge is 2.44. The minimum Gasteiger partial charge on any atom is -0.340 e. The molecule has 1 atom stereocenters. The van der Waals surface area contributed by atoms with E-state index in [-0.39, 0.29) is 17.9 Å². The molecule has 0 bridgehead atoms. The summed E-state index contributed by atoms with van der Waals surface area (Å²) >= 11 is 1.50. The maximum absolute atomic E-state index is 12.4. The van der Waals surface area contributed by atoms with E-state index in [0.717, 1.165) is 4.88 Å². The predicted molar refractivity (Wildman–Crippen MR) is 69.0 cm³/mol. The van der Waals surface area contributed by atoms with Crippen LogP contribution in [0.25, 0.3) is 0 Å². The molecule has 98 valence electrons. The first-order chi connectivity index (χ1) is 8.45. The summed E-state index contributed by atoms with van der Waals surface area (Å²) in [6, 6.07) is -0.382. The average molecular weight is 267 g/mol. The Labute approximate surface area is 110 Å². The number of hydrogen-bond donors (Lipinski definition) is 1. The van der Waals surface area contributed by atoms with Gasteiger partial charge in [0.05, 0.1) is 12.1 Å². The van der Waals surface area contributed by atoms with Crippen LogP contribution in [0.1, 0.15) is 32.1 Å². The minimum atomic E-state index is -0.826. The molecule has 1 aliphatic rings. The molecule has 2 rings (SSSR count). The highest BCUT2D eigenvalue weighted by atomic mass is 32.1. The summed E-state index contributed by atoms with van der Waals surface area (Å²) in [6.07, 6.45) is 2.36. The Morgan fingerprint density at radius 1 is 1.50 bits per heavy atom. The van der Waals surface area contributed by atoms with Crippen molar-refractivity contribution in [1.82, 2.24) is 15.2 Å². The van der Waals surface area contributed by atoms with Crippen molar-refractivity contribution >= 4 is 23.2 Å². The lowest BCUT2D eigenvalue weighted by Gasteiger charge is -2.42. The lowest BCUT2D eigenvalue weighted by Crippen LogP contribution is -2.67. The van der Waals surface area contributed by atoms with Gasteiger partial charge >= 0.3 is 0 Å².